The second-order valence-corrected chi connectivity index (χ2v) is 22.9. The number of unbranched alkanes of at least 4 members (excludes halogenated alkanes) is 1. The molecule has 6 aromatic carbocycles. The van der Waals surface area contributed by atoms with Crippen molar-refractivity contribution in [3.05, 3.63) is 172 Å². The van der Waals surface area contributed by atoms with Crippen LogP contribution in [-0.2, 0) is 43.0 Å². The first-order valence-electron chi connectivity index (χ1n) is 22.4. The molecule has 0 saturated carbocycles. The average molecular weight is 1120 g/mol. The first-order chi connectivity index (χ1) is 34.7. The molecule has 2 amide bonds. The molecule has 0 atom stereocenters. The molecule has 73 heavy (non-hydrogen) atoms. The Morgan fingerprint density at radius 3 is 1.36 bits per heavy atom. The van der Waals surface area contributed by atoms with Crippen LogP contribution in [-0.4, -0.2) is 90.6 Å². The van der Waals surface area contributed by atoms with E-state index in [2.05, 4.69) is 58.4 Å². The van der Waals surface area contributed by atoms with Gasteiger partial charge in [0.1, 0.15) is 11.6 Å². The summed E-state index contributed by atoms with van der Waals surface area (Å²) in [6.07, 6.45) is 6.67. The number of aromatic nitrogens is 4. The zero-order chi connectivity index (χ0) is 53.1. The smallest absolute Gasteiger partial charge is 0.252 e. The summed E-state index contributed by atoms with van der Waals surface area (Å²) < 4.78 is 107. The Morgan fingerprint density at radius 2 is 0.986 bits per heavy atom. The predicted octanol–water partition coefficient (Wildman–Crippen LogP) is 7.18. The molecule has 0 unspecified atom stereocenters. The molecule has 8 aromatic rings. The predicted molar refractivity (Wildman–Crippen MR) is 279 cm³/mol. The molecule has 0 bridgehead atoms. The largest absolute Gasteiger partial charge is 0.348 e. The van der Waals surface area contributed by atoms with Gasteiger partial charge in [0.25, 0.3) is 11.8 Å². The van der Waals surface area contributed by atoms with Gasteiger partial charge in [-0.2, -0.15) is 10.2 Å². The van der Waals surface area contributed by atoms with E-state index >= 15 is 0 Å². The minimum Gasteiger partial charge on any atom is -0.348 e. The number of nitrogens with zero attached hydrogens (tertiary/aromatic N) is 4. The Labute approximate surface area is 430 Å². The van der Waals surface area contributed by atoms with Crippen molar-refractivity contribution in [2.45, 2.75) is 47.5 Å². The van der Waals surface area contributed by atoms with Gasteiger partial charge in [0.05, 0.1) is 60.6 Å². The topological polar surface area (TPSA) is 232 Å². The number of rotatable bonds is 16. The van der Waals surface area contributed by atoms with E-state index in [1.807, 2.05) is 13.1 Å². The summed E-state index contributed by atoms with van der Waals surface area (Å²) in [5.41, 5.74) is 4.15. The zero-order valence-electron chi connectivity index (χ0n) is 40.2. The lowest BCUT2D eigenvalue weighted by atomic mass is 10.1. The molecule has 0 fully saturated rings. The maximum Gasteiger partial charge on any atom is 0.252 e. The maximum atomic E-state index is 13.4. The van der Waals surface area contributed by atoms with E-state index in [1.54, 1.807) is 53.3 Å². The molecule has 384 valence electrons. The SMILES string of the molecule is CCCCNC.CNS(=O)(=O)c1ccc(CNC(=O)c2cc(Br)cc3c2cnn3-c2ccc(F)cc2)cc1.CNS(=O)(=O)c1ccc(CNC(=O)c2cc(S(C)(=O)=O)cc3c2cnn3-c2ccc(F)cc2)cc1. The highest BCUT2D eigenvalue weighted by Crippen LogP contribution is 2.28. The van der Waals surface area contributed by atoms with Gasteiger partial charge in [-0.1, -0.05) is 53.5 Å². The van der Waals surface area contributed by atoms with E-state index in [9.17, 15) is 43.6 Å². The lowest BCUT2D eigenvalue weighted by Crippen LogP contribution is -2.23. The highest BCUT2D eigenvalue weighted by molar-refractivity contribution is 9.10. The van der Waals surface area contributed by atoms with Gasteiger partial charge in [0, 0.05) is 34.6 Å². The number of sulfone groups is 1. The van der Waals surface area contributed by atoms with Crippen LogP contribution in [0.1, 0.15) is 51.6 Å². The molecule has 2 aromatic heterocycles. The van der Waals surface area contributed by atoms with E-state index in [1.165, 1.54) is 111 Å². The normalized spacial score (nSPS) is 11.6. The molecule has 0 aliphatic heterocycles. The molecular weight excluding hydrogens is 1070 g/mol. The van der Waals surface area contributed by atoms with Gasteiger partial charge in [0.2, 0.25) is 20.0 Å². The summed E-state index contributed by atoms with van der Waals surface area (Å²) in [5.74, 6) is -1.62. The van der Waals surface area contributed by atoms with Gasteiger partial charge in [-0.15, -0.1) is 0 Å². The first kappa shape index (κ1) is 55.6. The van der Waals surface area contributed by atoms with Gasteiger partial charge in [0.15, 0.2) is 9.84 Å². The van der Waals surface area contributed by atoms with Crippen molar-refractivity contribution < 1.29 is 43.6 Å². The molecule has 0 spiro atoms. The molecule has 17 nitrogen and oxygen atoms in total. The van der Waals surface area contributed by atoms with Crippen LogP contribution in [0.2, 0.25) is 0 Å². The molecule has 0 aliphatic rings. The number of halogens is 3. The van der Waals surface area contributed by atoms with Crippen LogP contribution >= 0.6 is 15.9 Å². The third-order valence-corrected chi connectivity index (χ3v) is 15.5. The number of hydrogen-bond donors (Lipinski definition) is 5. The molecule has 23 heteroatoms. The molecule has 0 aliphatic carbocycles. The molecule has 5 N–H and O–H groups in total. The first-order valence-corrected chi connectivity index (χ1v) is 28.0. The second-order valence-electron chi connectivity index (χ2n) is 16.2. The molecule has 8 rings (SSSR count). The number of hydrogen-bond acceptors (Lipinski definition) is 11. The summed E-state index contributed by atoms with van der Waals surface area (Å²) >= 11 is 3.44. The number of fused-ring (bicyclic) bond motifs is 2. The fourth-order valence-corrected chi connectivity index (χ4v) is 9.64. The number of carbonyl (C=O) groups is 2. The van der Waals surface area contributed by atoms with Crippen LogP contribution in [0.3, 0.4) is 0 Å². The van der Waals surface area contributed by atoms with Crippen molar-refractivity contribution in [2.75, 3.05) is 33.9 Å². The number of sulfonamides is 2. The summed E-state index contributed by atoms with van der Waals surface area (Å²) in [7, 11) is -6.12. The fraction of sp³-hybridized carbons (Fsp3) is 0.200. The van der Waals surface area contributed by atoms with Crippen LogP contribution in [0, 0.1) is 11.6 Å². The van der Waals surface area contributed by atoms with E-state index in [4.69, 9.17) is 0 Å². The standard InChI is InChI=1S/C23H21FN4O5S2.C22H18BrFN4O3S.C5H13N/c1-25-35(32,33)18-9-3-15(4-10-18)13-26-23(29)20-11-19(34(2,30)31)12-22-21(20)14-27-28(22)17-7-5-16(24)6-8-17;1-25-32(30,31)18-8-2-14(3-9-18)12-26-22(29)19-10-15(23)11-21-20(19)13-27-28(21)17-6-4-16(24)5-7-17;1-3-4-5-6-2/h3-12,14,25H,13H2,1-2H3,(H,26,29);2-11,13,25H,12H2,1H3,(H,26,29);6H,3-5H2,1-2H3. The van der Waals surface area contributed by atoms with Gasteiger partial charge in [-0.05, 0) is 142 Å². The van der Waals surface area contributed by atoms with Crippen molar-refractivity contribution in [1.29, 1.82) is 0 Å². The maximum absolute atomic E-state index is 13.4. The van der Waals surface area contributed by atoms with Crippen molar-refractivity contribution in [1.82, 2.24) is 45.0 Å². The summed E-state index contributed by atoms with van der Waals surface area (Å²) in [5, 5.41) is 18.4. The minimum atomic E-state index is -3.67. The Morgan fingerprint density at radius 1 is 0.575 bits per heavy atom. The van der Waals surface area contributed by atoms with Crippen LogP contribution < -0.4 is 25.4 Å². The van der Waals surface area contributed by atoms with E-state index < -0.39 is 41.6 Å². The lowest BCUT2D eigenvalue weighted by Gasteiger charge is -2.10. The number of amides is 2. The highest BCUT2D eigenvalue weighted by atomic mass is 79.9. The third-order valence-electron chi connectivity index (χ3n) is 11.1. The number of nitrogens with one attached hydrogen (secondary N) is 5. The average Bonchev–Trinajstić information content (AvgIpc) is 4.02. The molecular formula is C50H52BrF2N9O8S3. The van der Waals surface area contributed by atoms with Crippen molar-refractivity contribution >= 4 is 79.4 Å². The van der Waals surface area contributed by atoms with Crippen LogP contribution in [0.25, 0.3) is 33.2 Å². The molecule has 2 heterocycles. The van der Waals surface area contributed by atoms with Crippen molar-refractivity contribution in [3.63, 3.8) is 0 Å². The Balaban J connectivity index is 0.000000215. The van der Waals surface area contributed by atoms with Gasteiger partial charge in [-0.25, -0.2) is 52.8 Å². The van der Waals surface area contributed by atoms with E-state index in [-0.39, 0.29) is 45.1 Å². The third kappa shape index (κ3) is 14.1. The Bertz CT molecular complexity index is 3580. The van der Waals surface area contributed by atoms with E-state index in [0.717, 1.165) is 18.4 Å². The quantitative estimate of drug-likeness (QED) is 0.0609. The minimum absolute atomic E-state index is 0.0689. The van der Waals surface area contributed by atoms with Gasteiger partial charge < -0.3 is 16.0 Å². The van der Waals surface area contributed by atoms with Crippen LogP contribution in [0.15, 0.2) is 153 Å². The van der Waals surface area contributed by atoms with Crippen LogP contribution in [0.5, 0.6) is 0 Å². The van der Waals surface area contributed by atoms with Crippen molar-refractivity contribution in [3.8, 4) is 11.4 Å². The number of benzene rings is 6. The second kappa shape index (κ2) is 24.3. The summed E-state index contributed by atoms with van der Waals surface area (Å²) in [4.78, 5) is 26.2. The molecule has 0 radical (unpaired) electrons. The van der Waals surface area contributed by atoms with Crippen LogP contribution in [0.4, 0.5) is 8.78 Å². The van der Waals surface area contributed by atoms with Gasteiger partial charge >= 0.3 is 0 Å². The van der Waals surface area contributed by atoms with E-state index in [0.29, 0.717) is 48.8 Å². The lowest BCUT2D eigenvalue weighted by molar-refractivity contribution is 0.0944. The Hall–Kier alpha value is -6.73. The number of carbonyl (C=O) groups excluding carboxylic acids is 2. The molecule has 0 saturated heterocycles. The van der Waals surface area contributed by atoms with Gasteiger partial charge in [-0.3, -0.25) is 9.59 Å². The zero-order valence-corrected chi connectivity index (χ0v) is 44.2. The monoisotopic (exact) mass is 1120 g/mol. The summed E-state index contributed by atoms with van der Waals surface area (Å²) in [6.45, 7) is 3.65. The Kier molecular flexibility index (Phi) is 18.5. The van der Waals surface area contributed by atoms with Crippen molar-refractivity contribution in [2.24, 2.45) is 0 Å². The highest BCUT2D eigenvalue weighted by Gasteiger charge is 2.21. The summed E-state index contributed by atoms with van der Waals surface area (Å²) in [6, 6.07) is 29.9. The fourth-order valence-electron chi connectivity index (χ4n) is 7.08.